The molecule has 0 aliphatic heterocycles. The van der Waals surface area contributed by atoms with Crippen LogP contribution in [0.2, 0.25) is 0 Å². The predicted molar refractivity (Wildman–Crippen MR) is 47.6 cm³/mol. The molecule has 1 N–H and O–H groups in total. The van der Waals surface area contributed by atoms with Gasteiger partial charge in [0.1, 0.15) is 0 Å². The van der Waals surface area contributed by atoms with E-state index < -0.39 is 10.9 Å². The highest BCUT2D eigenvalue weighted by Crippen LogP contribution is 2.11. The Hall–Kier alpha value is -2.24. The number of pyridine rings is 1. The summed E-state index contributed by atoms with van der Waals surface area (Å²) in [5, 5.41) is 18.6. The Balaban J connectivity index is 2.94. The number of aromatic nitrogens is 1. The van der Waals surface area contributed by atoms with E-state index in [1.165, 1.54) is 24.4 Å². The number of carbonyl (C=O) groups is 1. The van der Waals surface area contributed by atoms with Crippen LogP contribution in [0.4, 0.5) is 5.69 Å². The minimum absolute atomic E-state index is 0.120. The number of nitro groups is 1. The van der Waals surface area contributed by atoms with E-state index in [2.05, 4.69) is 4.98 Å². The topological polar surface area (TPSA) is 93.3 Å². The molecular formula is C8H6N2O4. The van der Waals surface area contributed by atoms with Gasteiger partial charge < -0.3 is 5.11 Å². The van der Waals surface area contributed by atoms with Crippen LogP contribution in [0.15, 0.2) is 24.4 Å². The maximum Gasteiger partial charge on any atom is 0.328 e. The van der Waals surface area contributed by atoms with Crippen LogP contribution in [0.5, 0.6) is 0 Å². The molecule has 0 aromatic carbocycles. The lowest BCUT2D eigenvalue weighted by Crippen LogP contribution is -1.91. The van der Waals surface area contributed by atoms with Crippen LogP contribution in [0.1, 0.15) is 5.69 Å². The summed E-state index contributed by atoms with van der Waals surface area (Å²) in [4.78, 5) is 23.6. The van der Waals surface area contributed by atoms with Gasteiger partial charge in [-0.1, -0.05) is 0 Å². The van der Waals surface area contributed by atoms with Crippen LogP contribution in [0.3, 0.4) is 0 Å². The number of rotatable bonds is 3. The molecule has 0 unspecified atom stereocenters. The average molecular weight is 194 g/mol. The smallest absolute Gasteiger partial charge is 0.328 e. The summed E-state index contributed by atoms with van der Waals surface area (Å²) in [5.41, 5.74) is 0.117. The van der Waals surface area contributed by atoms with Crippen molar-refractivity contribution in [2.75, 3.05) is 0 Å². The van der Waals surface area contributed by atoms with Crippen LogP contribution < -0.4 is 0 Å². The second-order valence-corrected chi connectivity index (χ2v) is 2.37. The van der Waals surface area contributed by atoms with Gasteiger partial charge in [-0.15, -0.1) is 0 Å². The van der Waals surface area contributed by atoms with Crippen molar-refractivity contribution in [3.63, 3.8) is 0 Å². The summed E-state index contributed by atoms with van der Waals surface area (Å²) in [7, 11) is 0. The van der Waals surface area contributed by atoms with Gasteiger partial charge in [0, 0.05) is 24.4 Å². The van der Waals surface area contributed by atoms with Crippen molar-refractivity contribution in [3.8, 4) is 0 Å². The third-order valence-electron chi connectivity index (χ3n) is 1.37. The predicted octanol–water partition coefficient (Wildman–Crippen LogP) is 1.09. The Labute approximate surface area is 78.7 Å². The lowest BCUT2D eigenvalue weighted by Gasteiger charge is -1.92. The van der Waals surface area contributed by atoms with E-state index in [0.717, 1.165) is 6.08 Å². The molecule has 1 aromatic heterocycles. The van der Waals surface area contributed by atoms with E-state index in [0.29, 0.717) is 0 Å². The highest BCUT2D eigenvalue weighted by atomic mass is 16.6. The molecule has 72 valence electrons. The van der Waals surface area contributed by atoms with Gasteiger partial charge in [-0.25, -0.2) is 4.79 Å². The summed E-state index contributed by atoms with van der Waals surface area (Å²) >= 11 is 0. The van der Waals surface area contributed by atoms with E-state index in [1.54, 1.807) is 0 Å². The lowest BCUT2D eigenvalue weighted by molar-refractivity contribution is -0.384. The van der Waals surface area contributed by atoms with Gasteiger partial charge in [0.2, 0.25) is 0 Å². The molecule has 1 aromatic rings. The molecule has 0 bridgehead atoms. The Kier molecular flexibility index (Phi) is 2.90. The van der Waals surface area contributed by atoms with Gasteiger partial charge in [0.15, 0.2) is 0 Å². The zero-order valence-corrected chi connectivity index (χ0v) is 6.95. The zero-order valence-electron chi connectivity index (χ0n) is 6.95. The first-order valence-electron chi connectivity index (χ1n) is 3.61. The molecule has 1 heterocycles. The van der Waals surface area contributed by atoms with Crippen LogP contribution in [0.25, 0.3) is 6.08 Å². The van der Waals surface area contributed by atoms with Gasteiger partial charge in [0.25, 0.3) is 5.69 Å². The zero-order chi connectivity index (χ0) is 10.6. The number of carboxylic acids is 1. The number of hydrogen-bond acceptors (Lipinski definition) is 4. The molecule has 14 heavy (non-hydrogen) atoms. The second-order valence-electron chi connectivity index (χ2n) is 2.37. The van der Waals surface area contributed by atoms with Crippen LogP contribution in [-0.4, -0.2) is 21.0 Å². The van der Waals surface area contributed by atoms with Crippen molar-refractivity contribution in [1.82, 2.24) is 4.98 Å². The quantitative estimate of drug-likeness (QED) is 0.441. The van der Waals surface area contributed by atoms with Crippen molar-refractivity contribution >= 4 is 17.7 Å². The number of nitrogens with zero attached hydrogens (tertiary/aromatic N) is 2. The molecule has 0 atom stereocenters. The Morgan fingerprint density at radius 3 is 2.93 bits per heavy atom. The number of hydrogen-bond donors (Lipinski definition) is 1. The van der Waals surface area contributed by atoms with E-state index >= 15 is 0 Å². The monoisotopic (exact) mass is 194 g/mol. The van der Waals surface area contributed by atoms with Crippen molar-refractivity contribution in [3.05, 3.63) is 40.2 Å². The average Bonchev–Trinajstić information content (AvgIpc) is 2.15. The fraction of sp³-hybridized carbons (Fsp3) is 0. The minimum atomic E-state index is -1.13. The van der Waals surface area contributed by atoms with E-state index in [4.69, 9.17) is 5.11 Å². The number of carboxylic acid groups (broad SMARTS) is 1. The molecule has 1 rings (SSSR count). The molecule has 0 spiro atoms. The lowest BCUT2D eigenvalue weighted by atomic mass is 10.3. The first kappa shape index (κ1) is 9.85. The van der Waals surface area contributed by atoms with Gasteiger partial charge in [-0.2, -0.15) is 0 Å². The van der Waals surface area contributed by atoms with Gasteiger partial charge in [-0.05, 0) is 6.08 Å². The largest absolute Gasteiger partial charge is 0.478 e. The van der Waals surface area contributed by atoms with E-state index in [9.17, 15) is 14.9 Å². The fourth-order valence-electron chi connectivity index (χ4n) is 0.798. The Bertz CT molecular complexity index is 400. The maximum absolute atomic E-state index is 10.3. The molecule has 0 saturated carbocycles. The molecule has 0 radical (unpaired) electrons. The SMILES string of the molecule is O=C(O)C=Cc1cc([N+](=O)[O-])ccn1. The standard InChI is InChI=1S/C8H6N2O4/c11-8(12)2-1-6-5-7(10(13)14)3-4-9-6/h1-5H,(H,11,12). The molecule has 0 saturated heterocycles. The molecular weight excluding hydrogens is 188 g/mol. The van der Waals surface area contributed by atoms with Gasteiger partial charge in [-0.3, -0.25) is 15.1 Å². The second kappa shape index (κ2) is 4.13. The first-order chi connectivity index (χ1) is 6.59. The normalized spacial score (nSPS) is 10.3. The number of aliphatic carboxylic acids is 1. The highest BCUT2D eigenvalue weighted by Gasteiger charge is 2.04. The Morgan fingerprint density at radius 2 is 2.36 bits per heavy atom. The summed E-state index contributed by atoms with van der Waals surface area (Å²) in [6.45, 7) is 0. The third kappa shape index (κ3) is 2.67. The van der Waals surface area contributed by atoms with Crippen LogP contribution in [-0.2, 0) is 4.79 Å². The fourth-order valence-corrected chi connectivity index (χ4v) is 0.798. The Morgan fingerprint density at radius 1 is 1.64 bits per heavy atom. The van der Waals surface area contributed by atoms with Crippen LogP contribution >= 0.6 is 0 Å². The minimum Gasteiger partial charge on any atom is -0.478 e. The molecule has 6 nitrogen and oxygen atoms in total. The molecule has 0 aliphatic rings. The molecule has 0 aliphatic carbocycles. The van der Waals surface area contributed by atoms with Gasteiger partial charge >= 0.3 is 5.97 Å². The highest BCUT2D eigenvalue weighted by molar-refractivity contribution is 5.84. The maximum atomic E-state index is 10.3. The molecule has 0 fully saturated rings. The molecule has 6 heteroatoms. The summed E-state index contributed by atoms with van der Waals surface area (Å²) in [5.74, 6) is -1.13. The van der Waals surface area contributed by atoms with Crippen molar-refractivity contribution in [1.29, 1.82) is 0 Å². The van der Waals surface area contributed by atoms with Crippen LogP contribution in [0, 0.1) is 10.1 Å². The summed E-state index contributed by atoms with van der Waals surface area (Å²) in [6.07, 6.45) is 3.31. The summed E-state index contributed by atoms with van der Waals surface area (Å²) < 4.78 is 0. The van der Waals surface area contributed by atoms with Crippen molar-refractivity contribution < 1.29 is 14.8 Å². The van der Waals surface area contributed by atoms with E-state index in [1.807, 2.05) is 0 Å². The van der Waals surface area contributed by atoms with Crippen molar-refractivity contribution in [2.24, 2.45) is 0 Å². The van der Waals surface area contributed by atoms with E-state index in [-0.39, 0.29) is 11.4 Å². The summed E-state index contributed by atoms with van der Waals surface area (Å²) in [6, 6.07) is 2.43. The van der Waals surface area contributed by atoms with Gasteiger partial charge in [0.05, 0.1) is 10.6 Å². The molecule has 0 amide bonds. The third-order valence-corrected chi connectivity index (χ3v) is 1.37. The van der Waals surface area contributed by atoms with Crippen molar-refractivity contribution in [2.45, 2.75) is 0 Å². The first-order valence-corrected chi connectivity index (χ1v) is 3.61.